The van der Waals surface area contributed by atoms with Crippen molar-refractivity contribution >= 4 is 16.2 Å². The Kier molecular flexibility index (Phi) is 2.60. The zero-order valence-corrected chi connectivity index (χ0v) is 8.28. The first-order chi connectivity index (χ1) is 5.91. The highest BCUT2D eigenvalue weighted by molar-refractivity contribution is 7.87. The van der Waals surface area contributed by atoms with E-state index in [2.05, 4.69) is 0 Å². The Morgan fingerprint density at radius 2 is 2.15 bits per heavy atom. The molecule has 0 spiro atoms. The first-order valence-corrected chi connectivity index (χ1v) is 5.27. The quantitative estimate of drug-likeness (QED) is 0.628. The van der Waals surface area contributed by atoms with Gasteiger partial charge >= 0.3 is 5.97 Å². The van der Waals surface area contributed by atoms with Crippen LogP contribution in [-0.2, 0) is 15.0 Å². The van der Waals surface area contributed by atoms with Crippen LogP contribution in [0.2, 0.25) is 0 Å². The van der Waals surface area contributed by atoms with Gasteiger partial charge < -0.3 is 5.11 Å². The van der Waals surface area contributed by atoms with Crippen molar-refractivity contribution in [3.05, 3.63) is 0 Å². The Hall–Kier alpha value is -0.660. The molecule has 1 heterocycles. The van der Waals surface area contributed by atoms with Gasteiger partial charge in [0, 0.05) is 20.1 Å². The third-order valence-electron chi connectivity index (χ3n) is 2.06. The molecule has 1 atom stereocenters. The molecule has 0 aromatic carbocycles. The van der Waals surface area contributed by atoms with Crippen molar-refractivity contribution in [2.45, 2.75) is 13.0 Å². The van der Waals surface area contributed by atoms with E-state index in [9.17, 15) is 13.2 Å². The second kappa shape index (κ2) is 3.24. The van der Waals surface area contributed by atoms with Crippen molar-refractivity contribution in [2.75, 3.05) is 20.1 Å². The number of carboxylic acids is 1. The molecule has 1 fully saturated rings. The van der Waals surface area contributed by atoms with E-state index >= 15 is 0 Å². The van der Waals surface area contributed by atoms with Gasteiger partial charge in [-0.2, -0.15) is 17.0 Å². The predicted molar refractivity (Wildman–Crippen MR) is 45.4 cm³/mol. The van der Waals surface area contributed by atoms with Gasteiger partial charge in [-0.3, -0.25) is 4.79 Å². The molecule has 0 amide bonds. The fourth-order valence-corrected chi connectivity index (χ4v) is 2.85. The molecule has 7 heteroatoms. The van der Waals surface area contributed by atoms with E-state index in [4.69, 9.17) is 5.11 Å². The van der Waals surface area contributed by atoms with E-state index in [-0.39, 0.29) is 13.1 Å². The normalized spacial score (nSPS) is 29.2. The number of aliphatic carboxylic acids is 1. The smallest absolute Gasteiger partial charge is 0.323 e. The summed E-state index contributed by atoms with van der Waals surface area (Å²) < 4.78 is 24.9. The average molecular weight is 208 g/mol. The van der Waals surface area contributed by atoms with Crippen LogP contribution in [0.3, 0.4) is 0 Å². The molecule has 1 saturated heterocycles. The Labute approximate surface area is 76.9 Å². The zero-order chi connectivity index (χ0) is 10.2. The number of likely N-dealkylation sites (N-methyl/N-ethyl adjacent to an activating group) is 2. The third-order valence-corrected chi connectivity index (χ3v) is 4.11. The summed E-state index contributed by atoms with van der Waals surface area (Å²) in [5, 5.41) is 8.73. The fraction of sp³-hybridized carbons (Fsp3) is 0.833. The molecule has 1 N–H and O–H groups in total. The van der Waals surface area contributed by atoms with Gasteiger partial charge in [-0.05, 0) is 0 Å². The molecule has 0 aliphatic carbocycles. The molecule has 1 aliphatic rings. The van der Waals surface area contributed by atoms with Gasteiger partial charge in [-0.1, -0.05) is 6.92 Å². The van der Waals surface area contributed by atoms with E-state index in [0.717, 1.165) is 8.61 Å². The van der Waals surface area contributed by atoms with Gasteiger partial charge in [0.2, 0.25) is 0 Å². The summed E-state index contributed by atoms with van der Waals surface area (Å²) in [7, 11) is -2.15. The van der Waals surface area contributed by atoms with E-state index < -0.39 is 22.2 Å². The topological polar surface area (TPSA) is 77.9 Å². The highest BCUT2D eigenvalue weighted by Crippen LogP contribution is 2.19. The van der Waals surface area contributed by atoms with Crippen LogP contribution in [0.5, 0.6) is 0 Å². The van der Waals surface area contributed by atoms with Gasteiger partial charge in [-0.15, -0.1) is 0 Å². The lowest BCUT2D eigenvalue weighted by molar-refractivity contribution is -0.140. The lowest BCUT2D eigenvalue weighted by Crippen LogP contribution is -2.39. The lowest BCUT2D eigenvalue weighted by Gasteiger charge is -2.16. The van der Waals surface area contributed by atoms with E-state index in [1.165, 1.54) is 7.05 Å². The Bertz CT molecular complexity index is 313. The number of carboxylic acid groups (broad SMARTS) is 1. The van der Waals surface area contributed by atoms with E-state index in [0.29, 0.717) is 0 Å². The molecule has 0 aromatic heterocycles. The average Bonchev–Trinajstić information content (AvgIpc) is 2.23. The van der Waals surface area contributed by atoms with Gasteiger partial charge in [0.15, 0.2) is 0 Å². The summed E-state index contributed by atoms with van der Waals surface area (Å²) in [5.41, 5.74) is 0. The molecule has 1 aliphatic heterocycles. The summed E-state index contributed by atoms with van der Waals surface area (Å²) >= 11 is 0. The molecule has 13 heavy (non-hydrogen) atoms. The largest absolute Gasteiger partial charge is 0.480 e. The van der Waals surface area contributed by atoms with Crippen molar-refractivity contribution in [3.8, 4) is 0 Å². The first-order valence-electron chi connectivity index (χ1n) is 3.87. The van der Waals surface area contributed by atoms with E-state index in [1.807, 2.05) is 0 Å². The Balaban J connectivity index is 3.02. The molecule has 76 valence electrons. The van der Waals surface area contributed by atoms with Crippen LogP contribution in [0.1, 0.15) is 6.92 Å². The maximum Gasteiger partial charge on any atom is 0.323 e. The molecule has 6 nitrogen and oxygen atoms in total. The van der Waals surface area contributed by atoms with Crippen LogP contribution in [0.15, 0.2) is 0 Å². The van der Waals surface area contributed by atoms with Gasteiger partial charge in [0.25, 0.3) is 10.2 Å². The summed E-state index contributed by atoms with van der Waals surface area (Å²) in [6, 6.07) is -0.944. The van der Waals surface area contributed by atoms with Gasteiger partial charge in [0.1, 0.15) is 6.04 Å². The Morgan fingerprint density at radius 3 is 2.46 bits per heavy atom. The van der Waals surface area contributed by atoms with Crippen molar-refractivity contribution in [1.82, 2.24) is 8.61 Å². The lowest BCUT2D eigenvalue weighted by atomic mass is 10.3. The summed E-state index contributed by atoms with van der Waals surface area (Å²) in [5.74, 6) is -1.10. The third kappa shape index (κ3) is 1.54. The predicted octanol–water partition coefficient (Wildman–Crippen LogP) is -1.05. The highest BCUT2D eigenvalue weighted by Gasteiger charge is 2.44. The zero-order valence-electron chi connectivity index (χ0n) is 7.47. The molecule has 0 bridgehead atoms. The number of rotatable bonds is 2. The van der Waals surface area contributed by atoms with Crippen LogP contribution in [0.4, 0.5) is 0 Å². The molecule has 0 saturated carbocycles. The second-order valence-corrected chi connectivity index (χ2v) is 4.83. The van der Waals surface area contributed by atoms with Crippen LogP contribution in [-0.4, -0.2) is 54.3 Å². The highest BCUT2D eigenvalue weighted by atomic mass is 32.2. The van der Waals surface area contributed by atoms with E-state index in [1.54, 1.807) is 6.92 Å². The van der Waals surface area contributed by atoms with Crippen LogP contribution >= 0.6 is 0 Å². The maximum atomic E-state index is 11.4. The Morgan fingerprint density at radius 1 is 1.62 bits per heavy atom. The van der Waals surface area contributed by atoms with Crippen molar-refractivity contribution in [1.29, 1.82) is 0 Å². The SMILES string of the molecule is CCN1C(C(=O)O)CN(C)S1(=O)=O. The monoisotopic (exact) mass is 208 g/mol. The molecular weight excluding hydrogens is 196 g/mol. The van der Waals surface area contributed by atoms with Crippen LogP contribution in [0.25, 0.3) is 0 Å². The van der Waals surface area contributed by atoms with Crippen LogP contribution in [0, 0.1) is 0 Å². The standard InChI is InChI=1S/C6H12N2O4S/c1-3-8-5(6(9)10)4-7(2)13(8,11)12/h5H,3-4H2,1-2H3,(H,9,10). The number of hydrogen-bond donors (Lipinski definition) is 1. The van der Waals surface area contributed by atoms with Crippen molar-refractivity contribution in [3.63, 3.8) is 0 Å². The summed E-state index contributed by atoms with van der Waals surface area (Å²) in [4.78, 5) is 10.7. The molecule has 1 unspecified atom stereocenters. The number of nitrogens with zero attached hydrogens (tertiary/aromatic N) is 2. The molecule has 1 rings (SSSR count). The van der Waals surface area contributed by atoms with Crippen LogP contribution < -0.4 is 0 Å². The summed E-state index contributed by atoms with van der Waals surface area (Å²) in [6.07, 6.45) is 0. The minimum Gasteiger partial charge on any atom is -0.480 e. The minimum absolute atomic E-state index is 0.0194. The van der Waals surface area contributed by atoms with Crippen molar-refractivity contribution in [2.24, 2.45) is 0 Å². The molecule has 0 radical (unpaired) electrons. The fourth-order valence-electron chi connectivity index (χ4n) is 1.35. The number of hydrogen-bond acceptors (Lipinski definition) is 3. The van der Waals surface area contributed by atoms with Gasteiger partial charge in [0.05, 0.1) is 0 Å². The minimum atomic E-state index is -3.52. The molecular formula is C6H12N2O4S. The van der Waals surface area contributed by atoms with Crippen molar-refractivity contribution < 1.29 is 18.3 Å². The first kappa shape index (κ1) is 10.4. The second-order valence-electron chi connectivity index (χ2n) is 2.85. The number of carbonyl (C=O) groups is 1. The maximum absolute atomic E-state index is 11.4. The summed E-state index contributed by atoms with van der Waals surface area (Å²) in [6.45, 7) is 1.82. The molecule has 0 aromatic rings. The van der Waals surface area contributed by atoms with Gasteiger partial charge in [-0.25, -0.2) is 0 Å².